The second-order valence-corrected chi connectivity index (χ2v) is 5.10. The van der Waals surface area contributed by atoms with Crippen molar-refractivity contribution in [2.75, 3.05) is 26.0 Å². The van der Waals surface area contributed by atoms with Gasteiger partial charge in [-0.1, -0.05) is 0 Å². The third-order valence-corrected chi connectivity index (χ3v) is 4.30. The Hall–Kier alpha value is 0.270. The number of thioether (sulfide) groups is 1. The van der Waals surface area contributed by atoms with Crippen LogP contribution >= 0.6 is 11.8 Å². The van der Waals surface area contributed by atoms with Crippen molar-refractivity contribution >= 4 is 11.8 Å². The number of hydrogen-bond acceptors (Lipinski definition) is 3. The molecule has 2 nitrogen and oxygen atoms in total. The molecule has 1 saturated heterocycles. The number of rotatable bonds is 4. The van der Waals surface area contributed by atoms with Crippen LogP contribution in [0.3, 0.4) is 0 Å². The monoisotopic (exact) mass is 187 g/mol. The zero-order valence-corrected chi connectivity index (χ0v) is 8.45. The van der Waals surface area contributed by atoms with Crippen LogP contribution in [0.5, 0.6) is 0 Å². The molecule has 1 aliphatic heterocycles. The summed E-state index contributed by atoms with van der Waals surface area (Å²) >= 11 is 2.02. The Morgan fingerprint density at radius 1 is 1.58 bits per heavy atom. The van der Waals surface area contributed by atoms with Crippen molar-refractivity contribution in [3.63, 3.8) is 0 Å². The molecule has 0 aromatic heterocycles. The first kappa shape index (κ1) is 8.85. The molecule has 0 bridgehead atoms. The van der Waals surface area contributed by atoms with Crippen LogP contribution in [0.4, 0.5) is 0 Å². The molecule has 1 saturated carbocycles. The zero-order chi connectivity index (χ0) is 8.44. The Morgan fingerprint density at radius 3 is 2.92 bits per heavy atom. The van der Waals surface area contributed by atoms with Gasteiger partial charge in [0.1, 0.15) is 0 Å². The van der Waals surface area contributed by atoms with Gasteiger partial charge in [0.15, 0.2) is 0 Å². The third kappa shape index (κ3) is 1.95. The van der Waals surface area contributed by atoms with Gasteiger partial charge in [-0.3, -0.25) is 0 Å². The van der Waals surface area contributed by atoms with Crippen LogP contribution in [-0.2, 0) is 4.74 Å². The van der Waals surface area contributed by atoms with E-state index in [-0.39, 0.29) is 0 Å². The van der Waals surface area contributed by atoms with Crippen molar-refractivity contribution in [3.05, 3.63) is 0 Å². The van der Waals surface area contributed by atoms with E-state index in [2.05, 4.69) is 11.6 Å². The maximum Gasteiger partial charge on any atom is 0.0620 e. The van der Waals surface area contributed by atoms with Gasteiger partial charge in [-0.2, -0.15) is 11.8 Å². The Balaban J connectivity index is 1.67. The van der Waals surface area contributed by atoms with E-state index in [9.17, 15) is 0 Å². The predicted octanol–water partition coefficient (Wildman–Crippen LogP) is 1.26. The molecule has 1 unspecified atom stereocenters. The van der Waals surface area contributed by atoms with E-state index in [0.717, 1.165) is 13.2 Å². The van der Waals surface area contributed by atoms with E-state index in [4.69, 9.17) is 4.74 Å². The van der Waals surface area contributed by atoms with Crippen LogP contribution in [-0.4, -0.2) is 36.8 Å². The smallest absolute Gasteiger partial charge is 0.0620 e. The summed E-state index contributed by atoms with van der Waals surface area (Å²) in [7, 11) is 0. The highest BCUT2D eigenvalue weighted by atomic mass is 32.2. The van der Waals surface area contributed by atoms with E-state index in [1.165, 1.54) is 25.8 Å². The van der Waals surface area contributed by atoms with Gasteiger partial charge in [-0.15, -0.1) is 0 Å². The molecule has 2 rings (SSSR count). The molecule has 2 aliphatic rings. The summed E-state index contributed by atoms with van der Waals surface area (Å²) in [6, 6.07) is 0.634. The lowest BCUT2D eigenvalue weighted by Crippen LogP contribution is -2.35. The molecule has 3 heteroatoms. The second kappa shape index (κ2) is 3.56. The highest BCUT2D eigenvalue weighted by Gasteiger charge is 2.41. The molecule has 0 aromatic rings. The average Bonchev–Trinajstić information content (AvgIpc) is 2.70. The fourth-order valence-electron chi connectivity index (χ4n) is 1.62. The van der Waals surface area contributed by atoms with Gasteiger partial charge < -0.3 is 10.1 Å². The molecule has 0 radical (unpaired) electrons. The minimum atomic E-state index is 0.600. The van der Waals surface area contributed by atoms with Gasteiger partial charge >= 0.3 is 0 Å². The highest BCUT2D eigenvalue weighted by molar-refractivity contribution is 8.00. The maximum atomic E-state index is 5.31. The van der Waals surface area contributed by atoms with Crippen molar-refractivity contribution in [2.24, 2.45) is 0 Å². The van der Waals surface area contributed by atoms with Crippen molar-refractivity contribution in [1.82, 2.24) is 5.32 Å². The Kier molecular flexibility index (Phi) is 2.63. The van der Waals surface area contributed by atoms with Crippen molar-refractivity contribution < 1.29 is 4.74 Å². The summed E-state index contributed by atoms with van der Waals surface area (Å²) in [5.74, 6) is 0. The second-order valence-electron chi connectivity index (χ2n) is 3.83. The molecule has 2 fully saturated rings. The molecular weight excluding hydrogens is 170 g/mol. The van der Waals surface area contributed by atoms with E-state index in [0.29, 0.717) is 10.8 Å². The lowest BCUT2D eigenvalue weighted by Gasteiger charge is -2.16. The van der Waals surface area contributed by atoms with Gasteiger partial charge in [0.2, 0.25) is 0 Å². The molecule has 1 atom stereocenters. The Labute approximate surface area is 78.4 Å². The van der Waals surface area contributed by atoms with Crippen LogP contribution in [0.2, 0.25) is 0 Å². The quantitative estimate of drug-likeness (QED) is 0.716. The van der Waals surface area contributed by atoms with Gasteiger partial charge in [0.25, 0.3) is 0 Å². The van der Waals surface area contributed by atoms with Crippen molar-refractivity contribution in [1.29, 1.82) is 0 Å². The molecule has 70 valence electrons. The summed E-state index contributed by atoms with van der Waals surface area (Å²) in [6.45, 7) is 3.05. The highest BCUT2D eigenvalue weighted by Crippen LogP contribution is 2.46. The average molecular weight is 187 g/mol. The molecule has 1 aliphatic carbocycles. The zero-order valence-electron chi connectivity index (χ0n) is 7.64. The van der Waals surface area contributed by atoms with Gasteiger partial charge in [0, 0.05) is 23.9 Å². The minimum Gasteiger partial charge on any atom is -0.380 e. The molecule has 0 aromatic carbocycles. The van der Waals surface area contributed by atoms with Gasteiger partial charge in [-0.05, 0) is 25.5 Å². The summed E-state index contributed by atoms with van der Waals surface area (Å²) in [5, 5.41) is 3.59. The van der Waals surface area contributed by atoms with E-state index in [1.807, 2.05) is 11.8 Å². The van der Waals surface area contributed by atoms with E-state index >= 15 is 0 Å². The molecule has 0 amide bonds. The topological polar surface area (TPSA) is 21.3 Å². The number of ether oxygens (including phenoxy) is 1. The molecule has 0 spiro atoms. The van der Waals surface area contributed by atoms with Crippen LogP contribution in [0, 0.1) is 0 Å². The SMILES string of the molecule is CSC1(CNC2CCOC2)CC1. The fraction of sp³-hybridized carbons (Fsp3) is 1.00. The minimum absolute atomic E-state index is 0.600. The lowest BCUT2D eigenvalue weighted by molar-refractivity contribution is 0.190. The van der Waals surface area contributed by atoms with E-state index in [1.54, 1.807) is 0 Å². The molecule has 1 heterocycles. The van der Waals surface area contributed by atoms with Crippen LogP contribution in [0.25, 0.3) is 0 Å². The molecule has 12 heavy (non-hydrogen) atoms. The summed E-state index contributed by atoms with van der Waals surface area (Å²) in [4.78, 5) is 0. The van der Waals surface area contributed by atoms with Crippen LogP contribution in [0.15, 0.2) is 0 Å². The summed E-state index contributed by atoms with van der Waals surface area (Å²) in [5.41, 5.74) is 0. The predicted molar refractivity (Wildman–Crippen MR) is 52.7 cm³/mol. The largest absolute Gasteiger partial charge is 0.380 e. The number of hydrogen-bond donors (Lipinski definition) is 1. The normalized spacial score (nSPS) is 32.2. The first-order valence-electron chi connectivity index (χ1n) is 4.71. The first-order valence-corrected chi connectivity index (χ1v) is 5.93. The van der Waals surface area contributed by atoms with Crippen molar-refractivity contribution in [2.45, 2.75) is 30.1 Å². The maximum absolute atomic E-state index is 5.31. The number of nitrogens with one attached hydrogen (secondary N) is 1. The Morgan fingerprint density at radius 2 is 2.42 bits per heavy atom. The Bertz CT molecular complexity index is 153. The molecule has 1 N–H and O–H groups in total. The van der Waals surface area contributed by atoms with Crippen LogP contribution < -0.4 is 5.32 Å². The van der Waals surface area contributed by atoms with Gasteiger partial charge in [-0.25, -0.2) is 0 Å². The fourth-order valence-corrected chi connectivity index (χ4v) is 2.36. The van der Waals surface area contributed by atoms with Crippen LogP contribution in [0.1, 0.15) is 19.3 Å². The van der Waals surface area contributed by atoms with Gasteiger partial charge in [0.05, 0.1) is 6.61 Å². The molecular formula is C9H17NOS. The standard InChI is InChI=1S/C9H17NOS/c1-12-9(3-4-9)7-10-8-2-5-11-6-8/h8,10H,2-7H2,1H3. The first-order chi connectivity index (χ1) is 5.85. The van der Waals surface area contributed by atoms with E-state index < -0.39 is 0 Å². The van der Waals surface area contributed by atoms with Crippen molar-refractivity contribution in [3.8, 4) is 0 Å². The summed E-state index contributed by atoms with van der Waals surface area (Å²) in [6.07, 6.45) is 6.22. The third-order valence-electron chi connectivity index (χ3n) is 2.88. The lowest BCUT2D eigenvalue weighted by atomic mass is 10.2. The summed E-state index contributed by atoms with van der Waals surface area (Å²) < 4.78 is 5.91.